The van der Waals surface area contributed by atoms with Gasteiger partial charge in [0.25, 0.3) is 11.8 Å². The minimum atomic E-state index is -3.32. The molecule has 0 saturated carbocycles. The molecule has 3 atom stereocenters. The van der Waals surface area contributed by atoms with Gasteiger partial charge in [-0.1, -0.05) is 56.3 Å². The number of ether oxygens (including phenoxy) is 1. The van der Waals surface area contributed by atoms with Crippen LogP contribution < -0.4 is 15.4 Å². The van der Waals surface area contributed by atoms with Crippen molar-refractivity contribution in [2.75, 3.05) is 20.2 Å². The number of aliphatic hydroxyl groups is 1. The SMILES string of the molecule is CCC(C)C(=O)NC(Cc1ccccc1)C(O)C(=O)N(CC(=O)NCc1cccc(OC)c1)CC(C)(F)F. The van der Waals surface area contributed by atoms with Crippen LogP contribution >= 0.6 is 0 Å². The van der Waals surface area contributed by atoms with Gasteiger partial charge in [-0.25, -0.2) is 8.78 Å². The van der Waals surface area contributed by atoms with E-state index in [1.54, 1.807) is 61.5 Å². The summed E-state index contributed by atoms with van der Waals surface area (Å²) in [5, 5.41) is 16.3. The number of carbonyl (C=O) groups is 3. The monoisotopic (exact) mass is 533 g/mol. The Morgan fingerprint density at radius 1 is 1.08 bits per heavy atom. The van der Waals surface area contributed by atoms with E-state index in [0.29, 0.717) is 29.6 Å². The van der Waals surface area contributed by atoms with Crippen molar-refractivity contribution in [2.45, 2.75) is 58.2 Å². The summed E-state index contributed by atoms with van der Waals surface area (Å²) < 4.78 is 33.1. The zero-order valence-electron chi connectivity index (χ0n) is 22.2. The molecular formula is C28H37F2N3O5. The molecule has 0 aliphatic heterocycles. The molecule has 0 aromatic heterocycles. The summed E-state index contributed by atoms with van der Waals surface area (Å²) in [4.78, 5) is 39.1. The maximum absolute atomic E-state index is 14.0. The number of nitrogens with zero attached hydrogens (tertiary/aromatic N) is 1. The predicted octanol–water partition coefficient (Wildman–Crippen LogP) is 2.93. The standard InChI is InChI=1S/C28H37F2N3O5/c1-5-19(2)26(36)32-23(15-20-10-7-6-8-11-20)25(35)27(37)33(18-28(3,29)30)17-24(34)31-16-21-12-9-13-22(14-21)38-4/h6-14,19,23,25,35H,5,15-18H2,1-4H3,(H,31,34)(H,32,36). The van der Waals surface area contributed by atoms with Crippen LogP contribution in [0.25, 0.3) is 0 Å². The first-order valence-corrected chi connectivity index (χ1v) is 12.5. The van der Waals surface area contributed by atoms with Gasteiger partial charge >= 0.3 is 0 Å². The molecule has 0 heterocycles. The van der Waals surface area contributed by atoms with Crippen LogP contribution in [0.4, 0.5) is 8.78 Å². The number of methoxy groups -OCH3 is 1. The molecule has 10 heteroatoms. The Bertz CT molecular complexity index is 1060. The maximum Gasteiger partial charge on any atom is 0.262 e. The first-order valence-electron chi connectivity index (χ1n) is 12.5. The Labute approximate surface area is 222 Å². The summed E-state index contributed by atoms with van der Waals surface area (Å²) in [6.07, 6.45) is -1.22. The highest BCUT2D eigenvalue weighted by atomic mass is 19.3. The number of alkyl halides is 2. The molecule has 3 amide bonds. The smallest absolute Gasteiger partial charge is 0.262 e. The molecule has 3 N–H and O–H groups in total. The number of nitrogens with one attached hydrogen (secondary N) is 2. The molecule has 2 rings (SSSR count). The van der Waals surface area contributed by atoms with Crippen molar-refractivity contribution in [3.8, 4) is 5.75 Å². The van der Waals surface area contributed by atoms with E-state index in [1.807, 2.05) is 6.92 Å². The molecule has 8 nitrogen and oxygen atoms in total. The summed E-state index contributed by atoms with van der Waals surface area (Å²) in [6.45, 7) is 2.48. The normalized spacial score (nSPS) is 13.7. The molecule has 0 saturated heterocycles. The Balaban J connectivity index is 2.19. The molecule has 208 valence electrons. The fourth-order valence-corrected chi connectivity index (χ4v) is 3.74. The summed E-state index contributed by atoms with van der Waals surface area (Å²) in [7, 11) is 1.51. The number of amides is 3. The molecule has 0 aliphatic carbocycles. The highest BCUT2D eigenvalue weighted by Crippen LogP contribution is 2.17. The Morgan fingerprint density at radius 3 is 2.34 bits per heavy atom. The van der Waals surface area contributed by atoms with E-state index in [2.05, 4.69) is 10.6 Å². The largest absolute Gasteiger partial charge is 0.497 e. The van der Waals surface area contributed by atoms with Crippen molar-refractivity contribution in [3.63, 3.8) is 0 Å². The summed E-state index contributed by atoms with van der Waals surface area (Å²) in [5.41, 5.74) is 1.45. The molecular weight excluding hydrogens is 496 g/mol. The van der Waals surface area contributed by atoms with Crippen LogP contribution in [-0.2, 0) is 27.3 Å². The third kappa shape index (κ3) is 10.1. The lowest BCUT2D eigenvalue weighted by Crippen LogP contribution is -2.56. The Kier molecular flexibility index (Phi) is 11.6. The van der Waals surface area contributed by atoms with Crippen molar-refractivity contribution >= 4 is 17.7 Å². The first-order chi connectivity index (χ1) is 17.9. The molecule has 0 aliphatic rings. The number of hydrogen-bond acceptors (Lipinski definition) is 5. The quantitative estimate of drug-likeness (QED) is 0.346. The van der Waals surface area contributed by atoms with E-state index in [-0.39, 0.29) is 24.8 Å². The van der Waals surface area contributed by atoms with E-state index >= 15 is 0 Å². The van der Waals surface area contributed by atoms with Gasteiger partial charge in [0, 0.05) is 19.4 Å². The second kappa shape index (κ2) is 14.4. The van der Waals surface area contributed by atoms with Crippen LogP contribution in [0.2, 0.25) is 0 Å². The number of hydrogen-bond donors (Lipinski definition) is 3. The molecule has 38 heavy (non-hydrogen) atoms. The fraction of sp³-hybridized carbons (Fsp3) is 0.464. The van der Waals surface area contributed by atoms with Gasteiger partial charge in [0.15, 0.2) is 6.10 Å². The Hall–Kier alpha value is -3.53. The third-order valence-electron chi connectivity index (χ3n) is 6.06. The number of carbonyl (C=O) groups excluding carboxylic acids is 3. The lowest BCUT2D eigenvalue weighted by Gasteiger charge is -2.31. The average molecular weight is 534 g/mol. The van der Waals surface area contributed by atoms with E-state index in [9.17, 15) is 28.3 Å². The van der Waals surface area contributed by atoms with Crippen molar-refractivity contribution in [1.29, 1.82) is 0 Å². The van der Waals surface area contributed by atoms with Gasteiger partial charge in [0.2, 0.25) is 11.8 Å². The molecule has 0 radical (unpaired) electrons. The van der Waals surface area contributed by atoms with Gasteiger partial charge in [-0.2, -0.15) is 0 Å². The van der Waals surface area contributed by atoms with Crippen LogP contribution in [0.1, 0.15) is 38.3 Å². The zero-order chi connectivity index (χ0) is 28.3. The number of rotatable bonds is 14. The topological polar surface area (TPSA) is 108 Å². The molecule has 2 aromatic carbocycles. The van der Waals surface area contributed by atoms with Crippen molar-refractivity contribution in [1.82, 2.24) is 15.5 Å². The molecule has 0 fully saturated rings. The maximum atomic E-state index is 14.0. The predicted molar refractivity (Wildman–Crippen MR) is 140 cm³/mol. The number of benzene rings is 2. The minimum absolute atomic E-state index is 0.0880. The van der Waals surface area contributed by atoms with E-state index < -0.39 is 43.0 Å². The van der Waals surface area contributed by atoms with Gasteiger partial charge in [-0.15, -0.1) is 0 Å². The highest BCUT2D eigenvalue weighted by molar-refractivity contribution is 5.88. The van der Waals surface area contributed by atoms with Gasteiger partial charge < -0.3 is 25.4 Å². The lowest BCUT2D eigenvalue weighted by molar-refractivity contribution is -0.150. The third-order valence-corrected chi connectivity index (χ3v) is 6.06. The van der Waals surface area contributed by atoms with Crippen LogP contribution in [0.5, 0.6) is 5.75 Å². The van der Waals surface area contributed by atoms with Crippen molar-refractivity contribution < 1.29 is 33.0 Å². The van der Waals surface area contributed by atoms with E-state index in [0.717, 1.165) is 5.56 Å². The molecule has 0 spiro atoms. The Morgan fingerprint density at radius 2 is 1.74 bits per heavy atom. The number of aliphatic hydroxyl groups excluding tert-OH is 1. The van der Waals surface area contributed by atoms with Gasteiger partial charge in [-0.05, 0) is 36.1 Å². The zero-order valence-corrected chi connectivity index (χ0v) is 22.2. The highest BCUT2D eigenvalue weighted by Gasteiger charge is 2.36. The van der Waals surface area contributed by atoms with Crippen molar-refractivity contribution in [2.24, 2.45) is 5.92 Å². The second-order valence-corrected chi connectivity index (χ2v) is 9.45. The number of halogens is 2. The molecule has 0 bridgehead atoms. The minimum Gasteiger partial charge on any atom is -0.497 e. The summed E-state index contributed by atoms with van der Waals surface area (Å²) in [6, 6.07) is 14.7. The van der Waals surface area contributed by atoms with Crippen molar-refractivity contribution in [3.05, 3.63) is 65.7 Å². The van der Waals surface area contributed by atoms with Crippen LogP contribution in [0, 0.1) is 5.92 Å². The van der Waals surface area contributed by atoms with Crippen LogP contribution in [-0.4, -0.2) is 66.0 Å². The average Bonchev–Trinajstić information content (AvgIpc) is 2.89. The van der Waals surface area contributed by atoms with Gasteiger partial charge in [0.05, 0.1) is 26.2 Å². The second-order valence-electron chi connectivity index (χ2n) is 9.45. The molecule has 2 aromatic rings. The summed E-state index contributed by atoms with van der Waals surface area (Å²) >= 11 is 0. The van der Waals surface area contributed by atoms with Gasteiger partial charge in [0.1, 0.15) is 5.75 Å². The first kappa shape index (κ1) is 30.7. The van der Waals surface area contributed by atoms with E-state index in [1.165, 1.54) is 7.11 Å². The summed E-state index contributed by atoms with van der Waals surface area (Å²) in [5.74, 6) is -5.24. The van der Waals surface area contributed by atoms with Crippen LogP contribution in [0.15, 0.2) is 54.6 Å². The van der Waals surface area contributed by atoms with Crippen LogP contribution in [0.3, 0.4) is 0 Å². The van der Waals surface area contributed by atoms with E-state index in [4.69, 9.17) is 4.74 Å². The lowest BCUT2D eigenvalue weighted by atomic mass is 9.98. The fourth-order valence-electron chi connectivity index (χ4n) is 3.74. The molecule has 3 unspecified atom stereocenters. The van der Waals surface area contributed by atoms with Gasteiger partial charge in [-0.3, -0.25) is 14.4 Å².